The number of piperidine rings is 1. The van der Waals surface area contributed by atoms with Crippen molar-refractivity contribution in [1.82, 2.24) is 4.90 Å². The van der Waals surface area contributed by atoms with Crippen molar-refractivity contribution in [3.8, 4) is 0 Å². The molecule has 1 aliphatic rings. The van der Waals surface area contributed by atoms with Gasteiger partial charge in [0.2, 0.25) is 0 Å². The van der Waals surface area contributed by atoms with Crippen LogP contribution in [0.3, 0.4) is 0 Å². The van der Waals surface area contributed by atoms with E-state index in [0.29, 0.717) is 11.1 Å². The average molecular weight is 213 g/mol. The van der Waals surface area contributed by atoms with Crippen molar-refractivity contribution >= 4 is 0 Å². The van der Waals surface area contributed by atoms with Crippen molar-refractivity contribution in [2.45, 2.75) is 78.8 Å². The second-order valence-electron chi connectivity index (χ2n) is 5.87. The number of likely N-dealkylation sites (tertiary alicyclic amines) is 1. The molecule has 1 nitrogen and oxygen atoms in total. The molecule has 1 rings (SSSR count). The van der Waals surface area contributed by atoms with Crippen LogP contribution in [0.2, 0.25) is 0 Å². The number of nitrogens with zero attached hydrogens (tertiary/aromatic N) is 1. The van der Waals surface area contributed by atoms with E-state index in [4.69, 9.17) is 0 Å². The monoisotopic (exact) mass is 213 g/mol. The van der Waals surface area contributed by atoms with Crippen LogP contribution in [-0.4, -0.2) is 23.0 Å². The fourth-order valence-electron chi connectivity index (χ4n) is 2.87. The molecule has 0 bridgehead atoms. The standard InChI is InChI=1S/C12H25N.C2H6/c1-7-10-8-11(2,3)13(6)12(4,5)9-10;1-2/h10H,7-9H2,1-6H3;1-2H3. The van der Waals surface area contributed by atoms with E-state index in [1.54, 1.807) is 0 Å². The van der Waals surface area contributed by atoms with Gasteiger partial charge in [0, 0.05) is 11.1 Å². The molecule has 0 aliphatic carbocycles. The molecule has 1 aliphatic heterocycles. The fourth-order valence-corrected chi connectivity index (χ4v) is 2.87. The van der Waals surface area contributed by atoms with E-state index >= 15 is 0 Å². The van der Waals surface area contributed by atoms with Crippen LogP contribution in [0, 0.1) is 5.92 Å². The molecule has 0 radical (unpaired) electrons. The molecule has 0 amide bonds. The minimum absolute atomic E-state index is 0.377. The Balaban J connectivity index is 0.000000921. The van der Waals surface area contributed by atoms with Gasteiger partial charge in [-0.2, -0.15) is 0 Å². The second-order valence-corrected chi connectivity index (χ2v) is 5.87. The number of rotatable bonds is 1. The molecule has 0 atom stereocenters. The van der Waals surface area contributed by atoms with Crippen LogP contribution in [0.25, 0.3) is 0 Å². The Morgan fingerprint density at radius 3 is 1.60 bits per heavy atom. The van der Waals surface area contributed by atoms with Gasteiger partial charge in [-0.15, -0.1) is 0 Å². The highest BCUT2D eigenvalue weighted by molar-refractivity contribution is 4.97. The molecule has 0 aromatic heterocycles. The van der Waals surface area contributed by atoms with Gasteiger partial charge in [0.05, 0.1) is 0 Å². The zero-order chi connectivity index (χ0) is 12.3. The summed E-state index contributed by atoms with van der Waals surface area (Å²) < 4.78 is 0. The van der Waals surface area contributed by atoms with Gasteiger partial charge in [-0.3, -0.25) is 4.90 Å². The molecular weight excluding hydrogens is 182 g/mol. The lowest BCUT2D eigenvalue weighted by atomic mass is 9.73. The molecule has 0 aromatic carbocycles. The summed E-state index contributed by atoms with van der Waals surface area (Å²) in [5.74, 6) is 0.918. The van der Waals surface area contributed by atoms with Gasteiger partial charge in [0.25, 0.3) is 0 Å². The topological polar surface area (TPSA) is 3.24 Å². The first kappa shape index (κ1) is 15.0. The Kier molecular flexibility index (Phi) is 5.32. The van der Waals surface area contributed by atoms with E-state index in [-0.39, 0.29) is 0 Å². The molecule has 92 valence electrons. The average Bonchev–Trinajstić information content (AvgIpc) is 2.16. The van der Waals surface area contributed by atoms with E-state index in [1.807, 2.05) is 13.8 Å². The first-order valence-corrected chi connectivity index (χ1v) is 6.53. The molecular formula is C14H31N. The summed E-state index contributed by atoms with van der Waals surface area (Å²) >= 11 is 0. The lowest BCUT2D eigenvalue weighted by Crippen LogP contribution is -2.58. The lowest BCUT2D eigenvalue weighted by molar-refractivity contribution is -0.0305. The minimum atomic E-state index is 0.377. The van der Waals surface area contributed by atoms with Crippen molar-refractivity contribution in [2.75, 3.05) is 7.05 Å². The Labute approximate surface area is 97.2 Å². The van der Waals surface area contributed by atoms with Gasteiger partial charge in [-0.25, -0.2) is 0 Å². The molecule has 0 saturated carbocycles. The molecule has 0 aromatic rings. The summed E-state index contributed by atoms with van der Waals surface area (Å²) in [7, 11) is 2.27. The Hall–Kier alpha value is -0.0400. The van der Waals surface area contributed by atoms with Crippen LogP contribution in [-0.2, 0) is 0 Å². The third-order valence-electron chi connectivity index (χ3n) is 3.97. The van der Waals surface area contributed by atoms with Gasteiger partial charge < -0.3 is 0 Å². The third-order valence-corrected chi connectivity index (χ3v) is 3.97. The van der Waals surface area contributed by atoms with Crippen LogP contribution in [0.4, 0.5) is 0 Å². The van der Waals surface area contributed by atoms with Gasteiger partial charge >= 0.3 is 0 Å². The number of hydrogen-bond donors (Lipinski definition) is 0. The second kappa shape index (κ2) is 5.34. The minimum Gasteiger partial charge on any atom is -0.296 e. The van der Waals surface area contributed by atoms with Crippen LogP contribution >= 0.6 is 0 Å². The van der Waals surface area contributed by atoms with Gasteiger partial charge in [-0.05, 0) is 53.5 Å². The summed E-state index contributed by atoms with van der Waals surface area (Å²) in [6.45, 7) is 15.8. The summed E-state index contributed by atoms with van der Waals surface area (Å²) in [5.41, 5.74) is 0.755. The maximum atomic E-state index is 2.55. The van der Waals surface area contributed by atoms with Gasteiger partial charge in [0.15, 0.2) is 0 Å². The van der Waals surface area contributed by atoms with Crippen molar-refractivity contribution in [1.29, 1.82) is 0 Å². The molecule has 1 heteroatoms. The summed E-state index contributed by atoms with van der Waals surface area (Å²) in [6, 6.07) is 0. The van der Waals surface area contributed by atoms with Crippen LogP contribution in [0.1, 0.15) is 67.7 Å². The Morgan fingerprint density at radius 2 is 1.33 bits per heavy atom. The Bertz CT molecular complexity index is 164. The highest BCUT2D eigenvalue weighted by atomic mass is 15.2. The maximum absolute atomic E-state index is 2.55. The van der Waals surface area contributed by atoms with Crippen LogP contribution in [0.15, 0.2) is 0 Å². The van der Waals surface area contributed by atoms with E-state index in [0.717, 1.165) is 5.92 Å². The summed E-state index contributed by atoms with van der Waals surface area (Å²) in [6.07, 6.45) is 4.04. The highest BCUT2D eigenvalue weighted by Crippen LogP contribution is 2.40. The predicted molar refractivity (Wildman–Crippen MR) is 70.3 cm³/mol. The smallest absolute Gasteiger partial charge is 0.0158 e. The molecule has 0 N–H and O–H groups in total. The van der Waals surface area contributed by atoms with E-state index in [2.05, 4.69) is 46.6 Å². The van der Waals surface area contributed by atoms with Crippen molar-refractivity contribution in [3.05, 3.63) is 0 Å². The molecule has 15 heavy (non-hydrogen) atoms. The molecule has 1 heterocycles. The zero-order valence-electron chi connectivity index (χ0n) is 12.1. The first-order valence-electron chi connectivity index (χ1n) is 6.53. The van der Waals surface area contributed by atoms with Crippen molar-refractivity contribution in [3.63, 3.8) is 0 Å². The van der Waals surface area contributed by atoms with E-state index < -0.39 is 0 Å². The molecule has 0 unspecified atom stereocenters. The Morgan fingerprint density at radius 1 is 1.00 bits per heavy atom. The fraction of sp³-hybridized carbons (Fsp3) is 1.00. The van der Waals surface area contributed by atoms with Crippen molar-refractivity contribution in [2.24, 2.45) is 5.92 Å². The van der Waals surface area contributed by atoms with Crippen molar-refractivity contribution < 1.29 is 0 Å². The van der Waals surface area contributed by atoms with E-state index in [9.17, 15) is 0 Å². The molecule has 0 spiro atoms. The maximum Gasteiger partial charge on any atom is 0.0158 e. The number of hydrogen-bond acceptors (Lipinski definition) is 1. The van der Waals surface area contributed by atoms with Gasteiger partial charge in [0.1, 0.15) is 0 Å². The van der Waals surface area contributed by atoms with Gasteiger partial charge in [-0.1, -0.05) is 27.2 Å². The summed E-state index contributed by atoms with van der Waals surface area (Å²) in [4.78, 5) is 2.55. The normalized spacial score (nSPS) is 25.6. The largest absolute Gasteiger partial charge is 0.296 e. The zero-order valence-corrected chi connectivity index (χ0v) is 12.1. The quantitative estimate of drug-likeness (QED) is 0.627. The SMILES string of the molecule is CC.CCC1CC(C)(C)N(C)C(C)(C)C1. The predicted octanol–water partition coefficient (Wildman–Crippen LogP) is 4.32. The van der Waals surface area contributed by atoms with E-state index in [1.165, 1.54) is 19.3 Å². The summed E-state index contributed by atoms with van der Waals surface area (Å²) in [5, 5.41) is 0. The highest BCUT2D eigenvalue weighted by Gasteiger charge is 2.42. The first-order chi connectivity index (χ1) is 6.79. The lowest BCUT2D eigenvalue weighted by Gasteiger charge is -2.53. The third kappa shape index (κ3) is 3.48. The van der Waals surface area contributed by atoms with Crippen LogP contribution < -0.4 is 0 Å². The molecule has 1 saturated heterocycles. The molecule has 1 fully saturated rings. The van der Waals surface area contributed by atoms with Crippen LogP contribution in [0.5, 0.6) is 0 Å².